The largest absolute Gasteiger partial charge is 0.480 e. The highest BCUT2D eigenvalue weighted by atomic mass is 35.5. The van der Waals surface area contributed by atoms with Crippen molar-refractivity contribution in [2.45, 2.75) is 6.92 Å². The molecule has 0 saturated carbocycles. The molecular formula is C20H15Cl2F2N3O3. The van der Waals surface area contributed by atoms with Crippen molar-refractivity contribution in [3.8, 4) is 5.75 Å². The van der Waals surface area contributed by atoms with Gasteiger partial charge in [-0.1, -0.05) is 23.2 Å². The number of nitrogens with zero attached hydrogens (tertiary/aromatic N) is 1. The molecule has 30 heavy (non-hydrogen) atoms. The van der Waals surface area contributed by atoms with E-state index in [1.54, 1.807) is 19.1 Å². The van der Waals surface area contributed by atoms with E-state index in [1.165, 1.54) is 12.1 Å². The summed E-state index contributed by atoms with van der Waals surface area (Å²) in [5.41, 5.74) is 1.19. The number of rotatable bonds is 6. The molecule has 156 valence electrons. The van der Waals surface area contributed by atoms with Gasteiger partial charge in [-0.05, 0) is 37.3 Å². The fraction of sp³-hybridized carbons (Fsp3) is 0.150. The number of aromatic nitrogens is 1. The molecule has 10 heteroatoms. The lowest BCUT2D eigenvalue weighted by atomic mass is 10.2. The number of pyridine rings is 1. The highest BCUT2D eigenvalue weighted by Gasteiger charge is 2.15. The molecule has 0 radical (unpaired) electrons. The summed E-state index contributed by atoms with van der Waals surface area (Å²) in [6.45, 7) is 0.967. The lowest BCUT2D eigenvalue weighted by Gasteiger charge is -2.12. The third kappa shape index (κ3) is 5.14. The van der Waals surface area contributed by atoms with Crippen LogP contribution in [0.5, 0.6) is 5.75 Å². The highest BCUT2D eigenvalue weighted by molar-refractivity contribution is 6.39. The van der Waals surface area contributed by atoms with E-state index in [9.17, 15) is 18.4 Å². The zero-order valence-corrected chi connectivity index (χ0v) is 17.1. The van der Waals surface area contributed by atoms with Crippen molar-refractivity contribution >= 4 is 51.6 Å². The molecule has 2 amide bonds. The lowest BCUT2D eigenvalue weighted by Crippen LogP contribution is -2.35. The van der Waals surface area contributed by atoms with Gasteiger partial charge in [0.2, 0.25) is 5.91 Å². The van der Waals surface area contributed by atoms with Gasteiger partial charge in [-0.25, -0.2) is 13.8 Å². The van der Waals surface area contributed by atoms with Gasteiger partial charge in [0.25, 0.3) is 5.91 Å². The van der Waals surface area contributed by atoms with Crippen LogP contribution in [-0.2, 0) is 9.59 Å². The first-order chi connectivity index (χ1) is 14.2. The Hall–Kier alpha value is -2.97. The molecule has 0 aliphatic rings. The van der Waals surface area contributed by atoms with Crippen LogP contribution in [0.2, 0.25) is 10.0 Å². The first-order valence-electron chi connectivity index (χ1n) is 8.64. The van der Waals surface area contributed by atoms with Crippen LogP contribution < -0.4 is 15.4 Å². The lowest BCUT2D eigenvalue weighted by molar-refractivity contribution is -0.125. The Balaban J connectivity index is 1.59. The number of ether oxygens (including phenoxy) is 1. The fourth-order valence-corrected chi connectivity index (χ4v) is 3.14. The third-order valence-corrected chi connectivity index (χ3v) is 4.57. The van der Waals surface area contributed by atoms with Crippen LogP contribution in [0.15, 0.2) is 36.4 Å². The molecule has 2 aromatic carbocycles. The number of hydrogen-bond acceptors (Lipinski definition) is 4. The van der Waals surface area contributed by atoms with E-state index in [1.807, 2.05) is 0 Å². The number of benzene rings is 2. The van der Waals surface area contributed by atoms with Gasteiger partial charge >= 0.3 is 0 Å². The Morgan fingerprint density at radius 3 is 2.53 bits per heavy atom. The Labute approximate surface area is 180 Å². The van der Waals surface area contributed by atoms with Crippen molar-refractivity contribution in [1.29, 1.82) is 0 Å². The van der Waals surface area contributed by atoms with Crippen LogP contribution in [0.3, 0.4) is 0 Å². The second kappa shape index (κ2) is 9.23. The summed E-state index contributed by atoms with van der Waals surface area (Å²) in [4.78, 5) is 28.3. The van der Waals surface area contributed by atoms with Crippen LogP contribution in [-0.4, -0.2) is 29.9 Å². The maximum absolute atomic E-state index is 13.2. The molecule has 0 saturated heterocycles. The quantitative estimate of drug-likeness (QED) is 0.584. The second-order valence-electron chi connectivity index (χ2n) is 6.26. The van der Waals surface area contributed by atoms with Gasteiger partial charge < -0.3 is 15.4 Å². The van der Waals surface area contributed by atoms with Gasteiger partial charge in [-0.15, -0.1) is 0 Å². The van der Waals surface area contributed by atoms with Crippen molar-refractivity contribution in [3.63, 3.8) is 0 Å². The minimum absolute atomic E-state index is 0.0604. The SMILES string of the molecule is Cc1ccc2c(Cl)cc(Cl)c(OCC(=O)NCC(=O)Nc3ccc(F)c(F)c3)c2n1. The van der Waals surface area contributed by atoms with Gasteiger partial charge in [0.15, 0.2) is 24.0 Å². The monoisotopic (exact) mass is 453 g/mol. The van der Waals surface area contributed by atoms with E-state index in [4.69, 9.17) is 27.9 Å². The van der Waals surface area contributed by atoms with E-state index < -0.39 is 36.6 Å². The number of nitrogens with one attached hydrogen (secondary N) is 2. The molecule has 2 N–H and O–H groups in total. The van der Waals surface area contributed by atoms with Crippen molar-refractivity contribution in [2.24, 2.45) is 0 Å². The van der Waals surface area contributed by atoms with E-state index >= 15 is 0 Å². The average Bonchev–Trinajstić information content (AvgIpc) is 2.68. The number of halogens is 4. The van der Waals surface area contributed by atoms with Gasteiger partial charge in [0.05, 0.1) is 16.6 Å². The highest BCUT2D eigenvalue weighted by Crippen LogP contribution is 2.37. The summed E-state index contributed by atoms with van der Waals surface area (Å²) in [6, 6.07) is 7.96. The number of hydrogen-bond donors (Lipinski definition) is 2. The predicted molar refractivity (Wildman–Crippen MR) is 110 cm³/mol. The number of carbonyl (C=O) groups excluding carboxylic acids is 2. The number of aryl methyl sites for hydroxylation is 1. The molecule has 0 spiro atoms. The molecule has 0 aliphatic heterocycles. The summed E-state index contributed by atoms with van der Waals surface area (Å²) in [7, 11) is 0. The third-order valence-electron chi connectivity index (χ3n) is 3.97. The maximum Gasteiger partial charge on any atom is 0.258 e. The molecule has 0 unspecified atom stereocenters. The van der Waals surface area contributed by atoms with E-state index in [0.29, 0.717) is 21.6 Å². The number of anilines is 1. The molecule has 3 rings (SSSR count). The molecule has 1 aromatic heterocycles. The predicted octanol–water partition coefficient (Wildman–Crippen LogP) is 4.26. The molecule has 0 bridgehead atoms. The van der Waals surface area contributed by atoms with Crippen LogP contribution in [0, 0.1) is 18.6 Å². The van der Waals surface area contributed by atoms with Gasteiger partial charge in [-0.2, -0.15) is 0 Å². The van der Waals surface area contributed by atoms with Crippen LogP contribution in [0.25, 0.3) is 10.9 Å². The Bertz CT molecular complexity index is 1140. The van der Waals surface area contributed by atoms with Gasteiger partial charge in [-0.3, -0.25) is 9.59 Å². The number of carbonyl (C=O) groups is 2. The summed E-state index contributed by atoms with van der Waals surface area (Å²) < 4.78 is 31.6. The molecule has 0 fully saturated rings. The number of amides is 2. The van der Waals surface area contributed by atoms with Crippen molar-refractivity contribution in [1.82, 2.24) is 10.3 Å². The summed E-state index contributed by atoms with van der Waals surface area (Å²) in [5.74, 6) is -3.15. The zero-order chi connectivity index (χ0) is 21.8. The topological polar surface area (TPSA) is 80.3 Å². The first kappa shape index (κ1) is 21.7. The van der Waals surface area contributed by atoms with Crippen LogP contribution in [0.1, 0.15) is 5.69 Å². The van der Waals surface area contributed by atoms with Crippen LogP contribution >= 0.6 is 23.2 Å². The Morgan fingerprint density at radius 1 is 1.03 bits per heavy atom. The smallest absolute Gasteiger partial charge is 0.258 e. The Kier molecular flexibility index (Phi) is 6.69. The molecule has 3 aromatic rings. The van der Waals surface area contributed by atoms with Crippen molar-refractivity contribution < 1.29 is 23.1 Å². The summed E-state index contributed by atoms with van der Waals surface area (Å²) in [6.07, 6.45) is 0. The van der Waals surface area contributed by atoms with Crippen molar-refractivity contribution in [3.05, 3.63) is 63.8 Å². The minimum Gasteiger partial charge on any atom is -0.480 e. The minimum atomic E-state index is -1.10. The molecule has 1 heterocycles. The standard InChI is InChI=1S/C20H15Cl2F2N3O3/c1-10-2-4-12-13(21)7-14(22)20(19(12)26-10)30-9-18(29)25-8-17(28)27-11-3-5-15(23)16(24)6-11/h2-7H,8-9H2,1H3,(H,25,29)(H,27,28). The van der Waals surface area contributed by atoms with E-state index in [0.717, 1.165) is 12.1 Å². The average molecular weight is 454 g/mol. The van der Waals surface area contributed by atoms with Crippen LogP contribution in [0.4, 0.5) is 14.5 Å². The molecule has 0 atom stereocenters. The van der Waals surface area contributed by atoms with E-state index in [-0.39, 0.29) is 16.5 Å². The van der Waals surface area contributed by atoms with E-state index in [2.05, 4.69) is 15.6 Å². The maximum atomic E-state index is 13.2. The first-order valence-corrected chi connectivity index (χ1v) is 9.40. The van der Waals surface area contributed by atoms with Gasteiger partial charge in [0, 0.05) is 22.8 Å². The zero-order valence-electron chi connectivity index (χ0n) is 15.6. The van der Waals surface area contributed by atoms with Gasteiger partial charge in [0.1, 0.15) is 5.52 Å². The molecule has 0 aliphatic carbocycles. The second-order valence-corrected chi connectivity index (χ2v) is 7.08. The Morgan fingerprint density at radius 2 is 1.80 bits per heavy atom. The summed E-state index contributed by atoms with van der Waals surface area (Å²) in [5, 5.41) is 5.90. The number of fused-ring (bicyclic) bond motifs is 1. The normalized spacial score (nSPS) is 10.7. The molecular weight excluding hydrogens is 439 g/mol. The molecule has 6 nitrogen and oxygen atoms in total. The fourth-order valence-electron chi connectivity index (χ4n) is 2.57. The van der Waals surface area contributed by atoms with Crippen molar-refractivity contribution in [2.75, 3.05) is 18.5 Å². The summed E-state index contributed by atoms with van der Waals surface area (Å²) >= 11 is 12.4.